The Morgan fingerprint density at radius 3 is 2.80 bits per heavy atom. The van der Waals surface area contributed by atoms with Gasteiger partial charge in [0.1, 0.15) is 5.82 Å². The Balaban J connectivity index is 1.88. The molecule has 0 radical (unpaired) electrons. The molecule has 0 atom stereocenters. The largest absolute Gasteiger partial charge is 0.351 e. The van der Waals surface area contributed by atoms with E-state index in [-0.39, 0.29) is 30.6 Å². The molecule has 0 aromatic heterocycles. The molecule has 1 N–H and O–H groups in total. The van der Waals surface area contributed by atoms with Crippen molar-refractivity contribution in [3.05, 3.63) is 35.1 Å². The lowest BCUT2D eigenvalue weighted by Gasteiger charge is -2.14. The summed E-state index contributed by atoms with van der Waals surface area (Å²) in [6, 6.07) is 4.73. The highest BCUT2D eigenvalue weighted by Crippen LogP contribution is 2.12. The van der Waals surface area contributed by atoms with Crippen LogP contribution in [-0.4, -0.2) is 37.5 Å². The third kappa shape index (κ3) is 3.55. The van der Waals surface area contributed by atoms with Crippen LogP contribution in [-0.2, 0) is 21.4 Å². The smallest absolute Gasteiger partial charge is 0.235 e. The number of nitrogens with zero attached hydrogens (tertiary/aromatic N) is 1. The minimum atomic E-state index is -3.26. The number of amides is 1. The van der Waals surface area contributed by atoms with Gasteiger partial charge >= 0.3 is 0 Å². The first-order valence-corrected chi connectivity index (χ1v) is 7.99. The van der Waals surface area contributed by atoms with Crippen LogP contribution >= 0.6 is 0 Å². The van der Waals surface area contributed by atoms with E-state index in [1.807, 2.05) is 0 Å². The lowest BCUT2D eigenvalue weighted by atomic mass is 10.1. The molecule has 1 aliphatic rings. The Morgan fingerprint density at radius 1 is 1.45 bits per heavy atom. The summed E-state index contributed by atoms with van der Waals surface area (Å²) in [5.74, 6) is -0.598. The average Bonchev–Trinajstić information content (AvgIpc) is 2.70. The first-order valence-electron chi connectivity index (χ1n) is 6.38. The van der Waals surface area contributed by atoms with Crippen molar-refractivity contribution in [3.63, 3.8) is 0 Å². The van der Waals surface area contributed by atoms with Gasteiger partial charge in [-0.2, -0.15) is 4.31 Å². The SMILES string of the molecule is Cc1ccc(CNC(=O)CN2CCCS2(=O)=O)cc1F. The first-order chi connectivity index (χ1) is 9.38. The molecule has 0 saturated carbocycles. The van der Waals surface area contributed by atoms with Crippen molar-refractivity contribution in [3.8, 4) is 0 Å². The number of carbonyl (C=O) groups is 1. The third-order valence-electron chi connectivity index (χ3n) is 3.25. The van der Waals surface area contributed by atoms with E-state index in [1.165, 1.54) is 10.4 Å². The number of hydrogen-bond donors (Lipinski definition) is 1. The summed E-state index contributed by atoms with van der Waals surface area (Å²) in [6.07, 6.45) is 0.554. The fraction of sp³-hybridized carbons (Fsp3) is 0.462. The van der Waals surface area contributed by atoms with Crippen molar-refractivity contribution in [1.82, 2.24) is 9.62 Å². The number of sulfonamides is 1. The molecule has 0 unspecified atom stereocenters. The van der Waals surface area contributed by atoms with Crippen LogP contribution in [0.25, 0.3) is 0 Å². The minimum absolute atomic E-state index is 0.101. The van der Waals surface area contributed by atoms with Crippen LogP contribution < -0.4 is 5.32 Å². The highest BCUT2D eigenvalue weighted by Gasteiger charge is 2.29. The monoisotopic (exact) mass is 300 g/mol. The van der Waals surface area contributed by atoms with Crippen LogP contribution in [0, 0.1) is 12.7 Å². The van der Waals surface area contributed by atoms with E-state index in [0.717, 1.165) is 0 Å². The summed E-state index contributed by atoms with van der Waals surface area (Å²) in [6.45, 7) is 2.06. The molecule has 1 aliphatic heterocycles. The minimum Gasteiger partial charge on any atom is -0.351 e. The number of benzene rings is 1. The zero-order valence-electron chi connectivity index (χ0n) is 11.2. The van der Waals surface area contributed by atoms with E-state index in [1.54, 1.807) is 19.1 Å². The number of aryl methyl sites for hydroxylation is 1. The second-order valence-corrected chi connectivity index (χ2v) is 6.95. The van der Waals surface area contributed by atoms with Crippen molar-refractivity contribution < 1.29 is 17.6 Å². The van der Waals surface area contributed by atoms with Gasteiger partial charge in [-0.15, -0.1) is 0 Å². The van der Waals surface area contributed by atoms with Gasteiger partial charge < -0.3 is 5.32 Å². The molecule has 0 bridgehead atoms. The second kappa shape index (κ2) is 5.88. The standard InChI is InChI=1S/C13H17FN2O3S/c1-10-3-4-11(7-12(10)14)8-15-13(17)9-16-5-2-6-20(16,18)19/h3-4,7H,2,5-6,8-9H2,1H3,(H,15,17). The van der Waals surface area contributed by atoms with Gasteiger partial charge in [0.05, 0.1) is 12.3 Å². The van der Waals surface area contributed by atoms with E-state index < -0.39 is 10.0 Å². The Morgan fingerprint density at radius 2 is 2.20 bits per heavy atom. The zero-order valence-corrected chi connectivity index (χ0v) is 12.0. The molecule has 2 rings (SSSR count). The molecule has 1 saturated heterocycles. The van der Waals surface area contributed by atoms with Gasteiger partial charge in [-0.25, -0.2) is 12.8 Å². The van der Waals surface area contributed by atoms with Gasteiger partial charge in [0.25, 0.3) is 0 Å². The maximum Gasteiger partial charge on any atom is 0.235 e. The topological polar surface area (TPSA) is 66.5 Å². The molecular weight excluding hydrogens is 283 g/mol. The molecule has 1 aromatic carbocycles. The number of nitrogens with one attached hydrogen (secondary N) is 1. The normalized spacial score (nSPS) is 18.1. The fourth-order valence-corrected chi connectivity index (χ4v) is 3.51. The van der Waals surface area contributed by atoms with E-state index >= 15 is 0 Å². The van der Waals surface area contributed by atoms with E-state index in [9.17, 15) is 17.6 Å². The van der Waals surface area contributed by atoms with Crippen LogP contribution in [0.1, 0.15) is 17.5 Å². The average molecular weight is 300 g/mol. The lowest BCUT2D eigenvalue weighted by Crippen LogP contribution is -2.37. The molecular formula is C13H17FN2O3S. The Bertz CT molecular complexity index is 616. The van der Waals surface area contributed by atoms with Crippen LogP contribution in [0.3, 0.4) is 0 Å². The summed E-state index contributed by atoms with van der Waals surface area (Å²) in [5, 5.41) is 2.60. The molecule has 1 aromatic rings. The highest BCUT2D eigenvalue weighted by atomic mass is 32.2. The summed E-state index contributed by atoms with van der Waals surface area (Å²) < 4.78 is 37.6. The van der Waals surface area contributed by atoms with Crippen LogP contribution in [0.5, 0.6) is 0 Å². The van der Waals surface area contributed by atoms with E-state index in [2.05, 4.69) is 5.32 Å². The molecule has 110 valence electrons. The van der Waals surface area contributed by atoms with Gasteiger partial charge in [0.2, 0.25) is 15.9 Å². The Kier molecular flexibility index (Phi) is 4.39. The molecule has 20 heavy (non-hydrogen) atoms. The van der Waals surface area contributed by atoms with Crippen molar-refractivity contribution >= 4 is 15.9 Å². The van der Waals surface area contributed by atoms with Crippen molar-refractivity contribution in [2.75, 3.05) is 18.8 Å². The zero-order chi connectivity index (χ0) is 14.8. The lowest BCUT2D eigenvalue weighted by molar-refractivity contribution is -0.121. The fourth-order valence-electron chi connectivity index (χ4n) is 2.03. The molecule has 1 heterocycles. The van der Waals surface area contributed by atoms with Crippen LogP contribution in [0.15, 0.2) is 18.2 Å². The predicted molar refractivity (Wildman–Crippen MR) is 73.0 cm³/mol. The van der Waals surface area contributed by atoms with Crippen molar-refractivity contribution in [2.24, 2.45) is 0 Å². The number of halogens is 1. The van der Waals surface area contributed by atoms with E-state index in [4.69, 9.17) is 0 Å². The molecule has 7 heteroatoms. The quantitative estimate of drug-likeness (QED) is 0.894. The molecule has 1 amide bonds. The summed E-state index contributed by atoms with van der Waals surface area (Å²) in [7, 11) is -3.26. The van der Waals surface area contributed by atoms with Crippen LogP contribution in [0.4, 0.5) is 4.39 Å². The Labute approximate surface area is 117 Å². The number of hydrogen-bond acceptors (Lipinski definition) is 3. The molecule has 0 aliphatic carbocycles. The summed E-state index contributed by atoms with van der Waals surface area (Å²) in [4.78, 5) is 11.7. The Hall–Kier alpha value is -1.47. The van der Waals surface area contributed by atoms with Crippen molar-refractivity contribution in [2.45, 2.75) is 19.9 Å². The maximum absolute atomic E-state index is 13.3. The number of carbonyl (C=O) groups excluding carboxylic acids is 1. The van der Waals surface area contributed by atoms with Crippen LogP contribution in [0.2, 0.25) is 0 Å². The second-order valence-electron chi connectivity index (χ2n) is 4.86. The van der Waals surface area contributed by atoms with E-state index in [0.29, 0.717) is 24.1 Å². The first kappa shape index (κ1) is 14.9. The third-order valence-corrected chi connectivity index (χ3v) is 5.15. The van der Waals surface area contributed by atoms with Gasteiger partial charge in [0, 0.05) is 13.1 Å². The maximum atomic E-state index is 13.3. The van der Waals surface area contributed by atoms with Crippen molar-refractivity contribution in [1.29, 1.82) is 0 Å². The number of rotatable bonds is 4. The van der Waals surface area contributed by atoms with Gasteiger partial charge in [-0.3, -0.25) is 4.79 Å². The van der Waals surface area contributed by atoms with Gasteiger partial charge in [0.15, 0.2) is 0 Å². The molecule has 1 fully saturated rings. The molecule has 0 spiro atoms. The molecule has 5 nitrogen and oxygen atoms in total. The van der Waals surface area contributed by atoms with Gasteiger partial charge in [-0.1, -0.05) is 12.1 Å². The summed E-state index contributed by atoms with van der Waals surface area (Å²) >= 11 is 0. The summed E-state index contributed by atoms with van der Waals surface area (Å²) in [5.41, 5.74) is 1.19. The highest BCUT2D eigenvalue weighted by molar-refractivity contribution is 7.89. The predicted octanol–water partition coefficient (Wildman–Crippen LogP) is 0.786. The van der Waals surface area contributed by atoms with Gasteiger partial charge in [-0.05, 0) is 30.5 Å².